The Morgan fingerprint density at radius 3 is 1.75 bits per heavy atom. The Kier molecular flexibility index (Phi) is 7.43. The molecular weight excluding hydrogens is 487 g/mol. The summed E-state index contributed by atoms with van der Waals surface area (Å²) in [6.07, 6.45) is 4.12. The Morgan fingerprint density at radius 2 is 1.28 bits per heavy atom. The molecule has 0 spiro atoms. The fraction of sp³-hybridized carbons (Fsp3) is 0.310. The van der Waals surface area contributed by atoms with Gasteiger partial charge >= 0.3 is 0 Å². The van der Waals surface area contributed by atoms with Gasteiger partial charge in [-0.05, 0) is 43.0 Å². The highest BCUT2D eigenvalue weighted by Crippen LogP contribution is 2.68. The Balaban J connectivity index is 1.56. The topological polar surface area (TPSA) is 63.7 Å². The van der Waals surface area contributed by atoms with Crippen molar-refractivity contribution in [3.8, 4) is 0 Å². The van der Waals surface area contributed by atoms with Crippen molar-refractivity contribution in [2.24, 2.45) is 0 Å². The van der Waals surface area contributed by atoms with E-state index in [0.29, 0.717) is 13.1 Å². The first kappa shape index (κ1) is 25.3. The highest BCUT2D eigenvalue weighted by Gasteiger charge is 2.57. The monoisotopic (exact) mass is 520 g/mol. The minimum atomic E-state index is -3.73. The summed E-state index contributed by atoms with van der Waals surface area (Å²) >= 11 is 0. The summed E-state index contributed by atoms with van der Waals surface area (Å²) in [5.74, 6) is 1.51. The van der Waals surface area contributed by atoms with E-state index in [1.807, 2.05) is 43.3 Å². The third kappa shape index (κ3) is 5.20. The molecule has 0 bridgehead atoms. The predicted octanol–water partition coefficient (Wildman–Crippen LogP) is 5.69. The molecule has 1 saturated heterocycles. The summed E-state index contributed by atoms with van der Waals surface area (Å²) in [7, 11) is -7.08. The van der Waals surface area contributed by atoms with Crippen LogP contribution in [0.5, 0.6) is 0 Å². The average Bonchev–Trinajstić information content (AvgIpc) is 3.12. The zero-order valence-electron chi connectivity index (χ0n) is 20.6. The van der Waals surface area contributed by atoms with E-state index in [4.69, 9.17) is 0 Å². The third-order valence-electron chi connectivity index (χ3n) is 7.35. The Morgan fingerprint density at radius 1 is 0.806 bits per heavy atom. The first-order chi connectivity index (χ1) is 17.4. The fourth-order valence-electron chi connectivity index (χ4n) is 5.47. The molecule has 1 aliphatic heterocycles. The Bertz CT molecular complexity index is 1240. The van der Waals surface area contributed by atoms with E-state index in [9.17, 15) is 8.42 Å². The molecule has 36 heavy (non-hydrogen) atoms. The van der Waals surface area contributed by atoms with Gasteiger partial charge in [-0.2, -0.15) is 9.34 Å². The number of hydrogen-bond donors (Lipinski definition) is 0. The van der Waals surface area contributed by atoms with Gasteiger partial charge in [0.15, 0.2) is 0 Å². The van der Waals surface area contributed by atoms with Crippen molar-refractivity contribution in [1.29, 1.82) is 0 Å². The van der Waals surface area contributed by atoms with Crippen LogP contribution in [0, 0.1) is 6.92 Å². The minimum absolute atomic E-state index is 0.125. The molecule has 0 unspecified atom stereocenters. The van der Waals surface area contributed by atoms with E-state index in [1.54, 1.807) is 24.3 Å². The highest BCUT2D eigenvalue weighted by atomic mass is 32.2. The average molecular weight is 521 g/mol. The van der Waals surface area contributed by atoms with E-state index < -0.39 is 17.6 Å². The van der Waals surface area contributed by atoms with Crippen LogP contribution in [0.1, 0.15) is 42.4 Å². The summed E-state index contributed by atoms with van der Waals surface area (Å²) in [6.45, 7) is 2.98. The first-order valence-electron chi connectivity index (χ1n) is 12.6. The molecule has 2 atom stereocenters. The van der Waals surface area contributed by atoms with Gasteiger partial charge in [0.05, 0.1) is 35.5 Å². The molecule has 1 saturated carbocycles. The Hall–Kier alpha value is -2.34. The molecule has 0 aromatic heterocycles. The lowest BCUT2D eigenvalue weighted by Gasteiger charge is -2.38. The van der Waals surface area contributed by atoms with Gasteiger partial charge in [0.2, 0.25) is 9.84 Å². The van der Waals surface area contributed by atoms with Crippen molar-refractivity contribution in [1.82, 2.24) is 9.34 Å². The lowest BCUT2D eigenvalue weighted by molar-refractivity contribution is -0.188. The number of aryl methyl sites for hydroxylation is 1. The van der Waals surface area contributed by atoms with Crippen LogP contribution in [-0.4, -0.2) is 29.8 Å². The molecule has 0 amide bonds. The van der Waals surface area contributed by atoms with E-state index in [0.717, 1.165) is 42.4 Å². The van der Waals surface area contributed by atoms with Crippen LogP contribution in [0.15, 0.2) is 101 Å². The van der Waals surface area contributed by atoms with Crippen LogP contribution in [-0.2, 0) is 22.9 Å². The zero-order valence-corrected chi connectivity index (χ0v) is 22.3. The maximum atomic E-state index is 15.1. The summed E-state index contributed by atoms with van der Waals surface area (Å²) in [6, 6.07) is 27.2. The number of rotatable bonds is 7. The lowest BCUT2D eigenvalue weighted by Crippen LogP contribution is -2.39. The van der Waals surface area contributed by atoms with E-state index in [-0.39, 0.29) is 17.0 Å². The molecule has 5 nitrogen and oxygen atoms in total. The molecule has 1 heterocycles. The molecular formula is C29H33N2O3PS. The number of hydrogen-bond acceptors (Lipinski definition) is 5. The summed E-state index contributed by atoms with van der Waals surface area (Å²) < 4.78 is 30.7. The van der Waals surface area contributed by atoms with Crippen LogP contribution < -0.4 is 4.89 Å². The predicted molar refractivity (Wildman–Crippen MR) is 144 cm³/mol. The highest BCUT2D eigenvalue weighted by molar-refractivity contribution is 7.94. The van der Waals surface area contributed by atoms with Gasteiger partial charge in [-0.3, -0.25) is 0 Å². The largest absolute Gasteiger partial charge is 0.647 e. The summed E-state index contributed by atoms with van der Waals surface area (Å²) in [5.41, 5.74) is 3.16. The molecule has 1 aliphatic carbocycles. The van der Waals surface area contributed by atoms with Crippen molar-refractivity contribution in [3.05, 3.63) is 113 Å². The quantitative estimate of drug-likeness (QED) is 0.375. The smallest absolute Gasteiger partial charge is 0.203 e. The van der Waals surface area contributed by atoms with Crippen LogP contribution in [0.3, 0.4) is 0 Å². The normalized spacial score (nSPS) is 22.6. The molecule has 3 aromatic carbocycles. The minimum Gasteiger partial charge on any atom is -0.647 e. The van der Waals surface area contributed by atoms with Gasteiger partial charge < -0.3 is 4.89 Å². The SMILES string of the molecule is Cc1ccc(S(=O)(=O)/C=C\[P+]2([O-])N(Cc3ccccc3)[C@@H]3CCCC[C@H]3N2Cc2ccccc2)cc1. The number of fused-ring (bicyclic) bond motifs is 1. The molecule has 3 aromatic rings. The van der Waals surface area contributed by atoms with Gasteiger partial charge in [0.1, 0.15) is 13.6 Å². The standard InChI is InChI=1S/C29H33N2O3PS/c1-24-16-18-27(19-17-24)36(33,34)21-20-35(32)30(22-25-10-4-2-5-11-25)28-14-8-9-15-29(28)31(35)23-26-12-6-3-7-13-26/h2-7,10-13,16-21,28-29H,8-9,14-15,22-23H2,1H3/b21-20-/t28-,29-/m1/s1. The third-order valence-corrected chi connectivity index (χ3v) is 11.9. The van der Waals surface area contributed by atoms with Gasteiger partial charge in [0.25, 0.3) is 0 Å². The Labute approximate surface area is 215 Å². The maximum absolute atomic E-state index is 15.1. The first-order valence-corrected chi connectivity index (χ1v) is 15.8. The lowest BCUT2D eigenvalue weighted by atomic mass is 9.90. The molecule has 7 heteroatoms. The van der Waals surface area contributed by atoms with Crippen molar-refractivity contribution < 1.29 is 13.3 Å². The molecule has 5 rings (SSSR count). The second-order valence-corrected chi connectivity index (χ2v) is 14.2. The van der Waals surface area contributed by atoms with E-state index in [1.165, 1.54) is 11.2 Å². The van der Waals surface area contributed by atoms with Crippen LogP contribution in [0.25, 0.3) is 0 Å². The molecule has 2 aliphatic rings. The number of sulfone groups is 1. The van der Waals surface area contributed by atoms with Crippen LogP contribution >= 0.6 is 7.79 Å². The molecule has 0 N–H and O–H groups in total. The van der Waals surface area contributed by atoms with Crippen molar-refractivity contribution in [3.63, 3.8) is 0 Å². The van der Waals surface area contributed by atoms with Crippen LogP contribution in [0.2, 0.25) is 0 Å². The van der Waals surface area contributed by atoms with Crippen molar-refractivity contribution >= 4 is 17.6 Å². The number of benzene rings is 3. The van der Waals surface area contributed by atoms with Gasteiger partial charge in [-0.25, -0.2) is 8.42 Å². The van der Waals surface area contributed by atoms with E-state index in [2.05, 4.69) is 33.6 Å². The summed E-state index contributed by atoms with van der Waals surface area (Å²) in [4.78, 5) is 15.3. The van der Waals surface area contributed by atoms with Crippen molar-refractivity contribution in [2.45, 2.75) is 62.7 Å². The summed E-state index contributed by atoms with van der Waals surface area (Å²) in [5, 5.41) is 1.19. The fourth-order valence-corrected chi connectivity index (χ4v) is 10.2. The molecule has 2 fully saturated rings. The zero-order chi connectivity index (χ0) is 25.2. The van der Waals surface area contributed by atoms with Crippen LogP contribution in [0.4, 0.5) is 0 Å². The van der Waals surface area contributed by atoms with Gasteiger partial charge in [0, 0.05) is 0 Å². The maximum Gasteiger partial charge on any atom is 0.203 e. The van der Waals surface area contributed by atoms with Crippen molar-refractivity contribution in [2.75, 3.05) is 0 Å². The van der Waals surface area contributed by atoms with E-state index >= 15 is 4.89 Å². The van der Waals surface area contributed by atoms with Gasteiger partial charge in [-0.15, -0.1) is 0 Å². The second kappa shape index (κ2) is 10.6. The molecule has 0 radical (unpaired) electrons. The molecule has 188 valence electrons. The van der Waals surface area contributed by atoms with Gasteiger partial charge in [-0.1, -0.05) is 91.2 Å². The second-order valence-electron chi connectivity index (χ2n) is 9.82. The number of nitrogens with zero attached hydrogens (tertiary/aromatic N) is 2.